The van der Waals surface area contributed by atoms with Crippen LogP contribution in [0.5, 0.6) is 5.75 Å². The fourth-order valence-electron chi connectivity index (χ4n) is 7.55. The van der Waals surface area contributed by atoms with Crippen molar-refractivity contribution in [3.8, 4) is 5.75 Å². The maximum atomic E-state index is 5.82. The van der Waals surface area contributed by atoms with E-state index in [1.54, 1.807) is 6.26 Å². The molecule has 1 aliphatic rings. The van der Waals surface area contributed by atoms with E-state index in [1.165, 1.54) is 73.4 Å². The van der Waals surface area contributed by atoms with E-state index in [0.29, 0.717) is 0 Å². The summed E-state index contributed by atoms with van der Waals surface area (Å²) >= 11 is 0. The zero-order chi connectivity index (χ0) is 46.0. The molecule has 0 aliphatic carbocycles. The first-order valence-electron chi connectivity index (χ1n) is 22.6. The standard InChI is InChI=1S/C37H30O.C19H19N.2C3H8/c1-24-11-5-6-13-28(24)21-26(3)34-22-30-19-18-29(23-35(30)33-15-9-12-25(2)37(33)34)31-16-10-20-38-36-17-8-7-14-32(36)27(31)4;1-15(18-10-6-4-7-11-18)14-16(2)20-17(3)19-12-8-5-9-13-19;2*1-3-2/h5-23H,4H2,1-3H3;4-14H,3H2,1-2H3;2*3H2,1-2H3/b20-10-,26-21-,31-16+;15-14+,20-16?;;. The molecule has 0 fully saturated rings. The molecule has 64 heavy (non-hydrogen) atoms. The Morgan fingerprint density at radius 1 is 0.625 bits per heavy atom. The molecule has 2 heteroatoms. The summed E-state index contributed by atoms with van der Waals surface area (Å²) < 4.78 is 5.82. The van der Waals surface area contributed by atoms with Gasteiger partial charge < -0.3 is 4.74 Å². The van der Waals surface area contributed by atoms with Crippen molar-refractivity contribution in [3.05, 3.63) is 234 Å². The predicted molar refractivity (Wildman–Crippen MR) is 285 cm³/mol. The monoisotopic (exact) mass is 840 g/mol. The normalized spacial score (nSPS) is 13.8. The van der Waals surface area contributed by atoms with Crippen molar-refractivity contribution in [2.24, 2.45) is 4.99 Å². The van der Waals surface area contributed by atoms with Crippen LogP contribution in [0.15, 0.2) is 194 Å². The van der Waals surface area contributed by atoms with Gasteiger partial charge in [-0.25, -0.2) is 0 Å². The van der Waals surface area contributed by atoms with Gasteiger partial charge in [0.2, 0.25) is 0 Å². The van der Waals surface area contributed by atoms with Gasteiger partial charge in [0.1, 0.15) is 5.75 Å². The number of allylic oxidation sites excluding steroid dienone is 7. The molecule has 0 spiro atoms. The number of rotatable bonds is 7. The highest BCUT2D eigenvalue weighted by Gasteiger charge is 2.16. The molecule has 0 amide bonds. The molecule has 0 atom stereocenters. The second-order valence-corrected chi connectivity index (χ2v) is 16.2. The van der Waals surface area contributed by atoms with Crippen LogP contribution in [0.3, 0.4) is 0 Å². The molecule has 324 valence electrons. The number of hydrogen-bond donors (Lipinski definition) is 0. The fourth-order valence-corrected chi connectivity index (χ4v) is 7.55. The average molecular weight is 840 g/mol. The lowest BCUT2D eigenvalue weighted by molar-refractivity contribution is 0.479. The summed E-state index contributed by atoms with van der Waals surface area (Å²) in [5.74, 6) is 0.821. The molecule has 0 bridgehead atoms. The Morgan fingerprint density at radius 3 is 1.92 bits per heavy atom. The van der Waals surface area contributed by atoms with Crippen LogP contribution >= 0.6 is 0 Å². The number of ether oxygens (including phenoxy) is 1. The van der Waals surface area contributed by atoms with Gasteiger partial charge in [0.05, 0.1) is 12.0 Å². The molecule has 7 aromatic carbocycles. The second kappa shape index (κ2) is 24.0. The molecule has 0 aromatic heterocycles. The van der Waals surface area contributed by atoms with Crippen LogP contribution in [0.2, 0.25) is 0 Å². The van der Waals surface area contributed by atoms with Crippen molar-refractivity contribution in [1.82, 2.24) is 0 Å². The van der Waals surface area contributed by atoms with Crippen LogP contribution in [-0.2, 0) is 0 Å². The van der Waals surface area contributed by atoms with Crippen molar-refractivity contribution in [3.63, 3.8) is 0 Å². The highest BCUT2D eigenvalue weighted by atomic mass is 16.5. The number of aliphatic imine (C=N–C) groups is 1. The molecular formula is C62H65NO. The third-order valence-electron chi connectivity index (χ3n) is 10.6. The summed E-state index contributed by atoms with van der Waals surface area (Å²) in [6.07, 6.45) is 12.7. The lowest BCUT2D eigenvalue weighted by atomic mass is 9.87. The van der Waals surface area contributed by atoms with E-state index in [1.807, 2.05) is 79.7 Å². The Balaban J connectivity index is 0.000000249. The van der Waals surface area contributed by atoms with E-state index in [4.69, 9.17) is 4.74 Å². The number of benzene rings is 7. The lowest BCUT2D eigenvalue weighted by Gasteiger charge is -2.18. The summed E-state index contributed by atoms with van der Waals surface area (Å²) in [4.78, 5) is 4.56. The highest BCUT2D eigenvalue weighted by Crippen LogP contribution is 2.40. The molecular weight excluding hydrogens is 775 g/mol. The summed E-state index contributed by atoms with van der Waals surface area (Å²) in [6.45, 7) is 27.7. The molecule has 0 radical (unpaired) electrons. The largest absolute Gasteiger partial charge is 0.464 e. The lowest BCUT2D eigenvalue weighted by Crippen LogP contribution is -1.96. The first-order valence-corrected chi connectivity index (χ1v) is 22.6. The van der Waals surface area contributed by atoms with Crippen molar-refractivity contribution in [1.29, 1.82) is 0 Å². The van der Waals surface area contributed by atoms with Gasteiger partial charge in [0, 0.05) is 11.3 Å². The van der Waals surface area contributed by atoms with Crippen molar-refractivity contribution >= 4 is 61.3 Å². The van der Waals surface area contributed by atoms with Crippen LogP contribution in [0.4, 0.5) is 0 Å². The van der Waals surface area contributed by atoms with E-state index in [0.717, 1.165) is 45.0 Å². The van der Waals surface area contributed by atoms with Crippen LogP contribution in [0, 0.1) is 13.8 Å². The Hall–Kier alpha value is -7.03. The molecule has 2 nitrogen and oxygen atoms in total. The molecule has 0 saturated heterocycles. The topological polar surface area (TPSA) is 21.6 Å². The van der Waals surface area contributed by atoms with Gasteiger partial charge in [0.25, 0.3) is 0 Å². The summed E-state index contributed by atoms with van der Waals surface area (Å²) in [5, 5.41) is 5.06. The summed E-state index contributed by atoms with van der Waals surface area (Å²) in [5.41, 5.74) is 15.8. The van der Waals surface area contributed by atoms with Gasteiger partial charge in [-0.15, -0.1) is 0 Å². The summed E-state index contributed by atoms with van der Waals surface area (Å²) in [6, 6.07) is 52.7. The Morgan fingerprint density at radius 2 is 1.23 bits per heavy atom. The maximum Gasteiger partial charge on any atom is 0.134 e. The second-order valence-electron chi connectivity index (χ2n) is 16.2. The van der Waals surface area contributed by atoms with Crippen LogP contribution in [-0.4, -0.2) is 5.71 Å². The third-order valence-corrected chi connectivity index (χ3v) is 10.6. The summed E-state index contributed by atoms with van der Waals surface area (Å²) in [7, 11) is 0. The van der Waals surface area contributed by atoms with Crippen molar-refractivity contribution in [2.45, 2.75) is 75.2 Å². The highest BCUT2D eigenvalue weighted by molar-refractivity contribution is 6.16. The van der Waals surface area contributed by atoms with Crippen molar-refractivity contribution < 1.29 is 4.74 Å². The van der Waals surface area contributed by atoms with Gasteiger partial charge in [-0.2, -0.15) is 0 Å². The SMILES string of the molecule is C=C(N=C(C)/C=C(\C)c1ccccc1)c1ccccc1.C=C1/C(c2ccc3cc(/C(C)=C\c4ccccc4C)c4c(C)cccc4c3c2)=C\C=C/Oc2ccccc21.CCC.CCC. The Bertz CT molecular complexity index is 2840. The average Bonchev–Trinajstić information content (AvgIpc) is 3.30. The maximum absolute atomic E-state index is 5.82. The first-order chi connectivity index (χ1) is 31.0. The molecule has 1 aliphatic heterocycles. The van der Waals surface area contributed by atoms with E-state index in [2.05, 4.69) is 177 Å². The van der Waals surface area contributed by atoms with E-state index in [9.17, 15) is 0 Å². The van der Waals surface area contributed by atoms with E-state index < -0.39 is 0 Å². The number of nitrogens with zero attached hydrogens (tertiary/aromatic N) is 1. The number of aryl methyl sites for hydroxylation is 2. The van der Waals surface area contributed by atoms with Gasteiger partial charge in [-0.1, -0.05) is 199 Å². The Labute approximate surface area is 384 Å². The molecule has 7 aromatic rings. The molecule has 0 N–H and O–H groups in total. The van der Waals surface area contributed by atoms with Crippen LogP contribution in [0.25, 0.3) is 55.6 Å². The number of para-hydroxylation sites is 1. The van der Waals surface area contributed by atoms with E-state index in [-0.39, 0.29) is 0 Å². The zero-order valence-corrected chi connectivity index (χ0v) is 39.5. The molecule has 1 heterocycles. The van der Waals surface area contributed by atoms with Gasteiger partial charge in [-0.3, -0.25) is 4.99 Å². The first kappa shape index (κ1) is 48.0. The number of hydrogen-bond acceptors (Lipinski definition) is 2. The molecule has 0 saturated carbocycles. The molecule has 0 unspecified atom stereocenters. The smallest absolute Gasteiger partial charge is 0.134 e. The van der Waals surface area contributed by atoms with Crippen molar-refractivity contribution in [2.75, 3.05) is 0 Å². The minimum atomic E-state index is 0.792. The minimum absolute atomic E-state index is 0.792. The minimum Gasteiger partial charge on any atom is -0.464 e. The fraction of sp³-hybridized carbons (Fsp3) is 0.177. The van der Waals surface area contributed by atoms with Crippen LogP contribution in [0.1, 0.15) is 106 Å². The predicted octanol–water partition coefficient (Wildman–Crippen LogP) is 18.2. The third kappa shape index (κ3) is 12.5. The number of fused-ring (bicyclic) bond motifs is 4. The molecule has 8 rings (SSSR count). The van der Waals surface area contributed by atoms with Gasteiger partial charge in [-0.05, 0) is 148 Å². The van der Waals surface area contributed by atoms with Gasteiger partial charge >= 0.3 is 0 Å². The Kier molecular flexibility index (Phi) is 18.0. The quantitative estimate of drug-likeness (QED) is 0.0890. The van der Waals surface area contributed by atoms with E-state index >= 15 is 0 Å². The van der Waals surface area contributed by atoms with Gasteiger partial charge in [0.15, 0.2) is 0 Å². The van der Waals surface area contributed by atoms with Crippen LogP contribution < -0.4 is 4.74 Å². The zero-order valence-electron chi connectivity index (χ0n) is 39.5.